The Hall–Kier alpha value is -1.29. The van der Waals surface area contributed by atoms with Crippen LogP contribution in [0.15, 0.2) is 22.7 Å². The van der Waals surface area contributed by atoms with E-state index in [4.69, 9.17) is 5.73 Å². The van der Waals surface area contributed by atoms with Crippen LogP contribution < -0.4 is 5.73 Å². The highest BCUT2D eigenvalue weighted by Crippen LogP contribution is 2.32. The number of aromatic amines is 1. The molecule has 0 aliphatic heterocycles. The van der Waals surface area contributed by atoms with Gasteiger partial charge in [0.15, 0.2) is 0 Å². The van der Waals surface area contributed by atoms with Gasteiger partial charge in [0, 0.05) is 16.1 Å². The van der Waals surface area contributed by atoms with Gasteiger partial charge in [-0.2, -0.15) is 5.10 Å². The molecule has 0 radical (unpaired) electrons. The molecule has 0 aliphatic carbocycles. The molecule has 0 unspecified atom stereocenters. The molecule has 15 heavy (non-hydrogen) atoms. The summed E-state index contributed by atoms with van der Waals surface area (Å²) in [5.41, 5.74) is 10.1. The Morgan fingerprint density at radius 1 is 1.33 bits per heavy atom. The number of aryl methyl sites for hydroxylation is 1. The van der Waals surface area contributed by atoms with E-state index in [1.165, 1.54) is 11.1 Å². The van der Waals surface area contributed by atoms with Crippen LogP contribution in [0.3, 0.4) is 0 Å². The zero-order valence-electron chi connectivity index (χ0n) is 8.63. The van der Waals surface area contributed by atoms with Gasteiger partial charge in [-0.3, -0.25) is 5.10 Å². The topological polar surface area (TPSA) is 54.7 Å². The van der Waals surface area contributed by atoms with Crippen molar-refractivity contribution >= 4 is 21.7 Å². The van der Waals surface area contributed by atoms with E-state index in [2.05, 4.69) is 46.0 Å². The summed E-state index contributed by atoms with van der Waals surface area (Å²) < 4.78 is 1.05. The second-order valence-electron chi connectivity index (χ2n) is 3.57. The van der Waals surface area contributed by atoms with Crippen LogP contribution in [0.2, 0.25) is 0 Å². The number of benzene rings is 1. The third-order valence-corrected chi connectivity index (χ3v) is 3.21. The largest absolute Gasteiger partial charge is 0.382 e. The molecule has 0 amide bonds. The lowest BCUT2D eigenvalue weighted by Gasteiger charge is -2.08. The van der Waals surface area contributed by atoms with Gasteiger partial charge in [-0.15, -0.1) is 0 Å². The summed E-state index contributed by atoms with van der Waals surface area (Å²) >= 11 is 3.54. The molecule has 78 valence electrons. The van der Waals surface area contributed by atoms with Crippen LogP contribution in [0.5, 0.6) is 0 Å². The number of rotatable bonds is 1. The Morgan fingerprint density at radius 2 is 2.07 bits per heavy atom. The molecule has 2 aromatic rings. The lowest BCUT2D eigenvalue weighted by atomic mass is 10.0. The van der Waals surface area contributed by atoms with Crippen LogP contribution in [0.25, 0.3) is 11.3 Å². The number of anilines is 1. The van der Waals surface area contributed by atoms with E-state index in [-0.39, 0.29) is 0 Å². The van der Waals surface area contributed by atoms with Gasteiger partial charge in [-0.05, 0) is 31.0 Å². The Labute approximate surface area is 96.8 Å². The second-order valence-corrected chi connectivity index (χ2v) is 4.43. The number of hydrogen-bond acceptors (Lipinski definition) is 2. The first-order chi connectivity index (χ1) is 7.09. The SMILES string of the molecule is Cc1ccc(Br)c(-c2cc(N)n[nH]2)c1C. The van der Waals surface area contributed by atoms with Crippen molar-refractivity contribution < 1.29 is 0 Å². The molecule has 1 aromatic heterocycles. The monoisotopic (exact) mass is 265 g/mol. The maximum absolute atomic E-state index is 5.60. The smallest absolute Gasteiger partial charge is 0.145 e. The van der Waals surface area contributed by atoms with E-state index < -0.39 is 0 Å². The van der Waals surface area contributed by atoms with Crippen LogP contribution in [0.4, 0.5) is 5.82 Å². The van der Waals surface area contributed by atoms with Crippen molar-refractivity contribution in [2.24, 2.45) is 0 Å². The Bertz CT molecular complexity index is 503. The Kier molecular flexibility index (Phi) is 2.52. The predicted octanol–water partition coefficient (Wildman–Crippen LogP) is 3.04. The third-order valence-electron chi connectivity index (χ3n) is 2.55. The molecule has 2 rings (SSSR count). The summed E-state index contributed by atoms with van der Waals surface area (Å²) in [4.78, 5) is 0. The molecule has 0 saturated carbocycles. The van der Waals surface area contributed by atoms with E-state index in [0.717, 1.165) is 15.7 Å². The van der Waals surface area contributed by atoms with E-state index in [0.29, 0.717) is 5.82 Å². The van der Waals surface area contributed by atoms with Gasteiger partial charge in [0.1, 0.15) is 5.82 Å². The number of hydrogen-bond donors (Lipinski definition) is 2. The highest BCUT2D eigenvalue weighted by molar-refractivity contribution is 9.10. The molecule has 1 heterocycles. The van der Waals surface area contributed by atoms with Gasteiger partial charge in [-0.1, -0.05) is 22.0 Å². The van der Waals surface area contributed by atoms with Crippen LogP contribution in [0, 0.1) is 13.8 Å². The fraction of sp³-hybridized carbons (Fsp3) is 0.182. The Balaban J connectivity index is 2.66. The molecule has 0 aliphatic rings. The molecule has 0 saturated heterocycles. The van der Waals surface area contributed by atoms with E-state index >= 15 is 0 Å². The average Bonchev–Trinajstić information content (AvgIpc) is 2.59. The van der Waals surface area contributed by atoms with Crippen LogP contribution in [0.1, 0.15) is 11.1 Å². The molecule has 3 N–H and O–H groups in total. The molecule has 4 heteroatoms. The minimum Gasteiger partial charge on any atom is -0.382 e. The van der Waals surface area contributed by atoms with Gasteiger partial charge in [-0.25, -0.2) is 0 Å². The second kappa shape index (κ2) is 3.70. The number of H-pyrrole nitrogens is 1. The summed E-state index contributed by atoms with van der Waals surface area (Å²) in [6, 6.07) is 5.96. The molecule has 0 spiro atoms. The maximum atomic E-state index is 5.60. The zero-order chi connectivity index (χ0) is 11.0. The number of aromatic nitrogens is 2. The van der Waals surface area contributed by atoms with Gasteiger partial charge in [0.25, 0.3) is 0 Å². The van der Waals surface area contributed by atoms with Crippen LogP contribution in [-0.4, -0.2) is 10.2 Å². The first-order valence-electron chi connectivity index (χ1n) is 4.66. The van der Waals surface area contributed by atoms with Gasteiger partial charge in [0.05, 0.1) is 5.69 Å². The van der Waals surface area contributed by atoms with Gasteiger partial charge < -0.3 is 5.73 Å². The summed E-state index contributed by atoms with van der Waals surface area (Å²) in [6.45, 7) is 4.18. The summed E-state index contributed by atoms with van der Waals surface area (Å²) in [5.74, 6) is 0.512. The number of nitrogens with one attached hydrogen (secondary N) is 1. The first kappa shape index (κ1) is 10.2. The van der Waals surface area contributed by atoms with Crippen molar-refractivity contribution in [2.75, 3.05) is 5.73 Å². The fourth-order valence-electron chi connectivity index (χ4n) is 1.58. The standard InChI is InChI=1S/C11H12BrN3/c1-6-3-4-8(12)11(7(6)2)9-5-10(13)15-14-9/h3-5H,1-2H3,(H3,13,14,15). The predicted molar refractivity (Wildman–Crippen MR) is 65.6 cm³/mol. The molecule has 0 fully saturated rings. The van der Waals surface area contributed by atoms with E-state index in [9.17, 15) is 0 Å². The summed E-state index contributed by atoms with van der Waals surface area (Å²) in [5, 5.41) is 6.86. The minimum atomic E-state index is 0.512. The van der Waals surface area contributed by atoms with Crippen molar-refractivity contribution in [3.63, 3.8) is 0 Å². The quantitative estimate of drug-likeness (QED) is 0.833. The Morgan fingerprint density at radius 3 is 2.67 bits per heavy atom. The van der Waals surface area contributed by atoms with Gasteiger partial charge in [0.2, 0.25) is 0 Å². The van der Waals surface area contributed by atoms with Crippen LogP contribution in [-0.2, 0) is 0 Å². The summed E-state index contributed by atoms with van der Waals surface area (Å²) in [6.07, 6.45) is 0. The first-order valence-corrected chi connectivity index (χ1v) is 5.46. The van der Waals surface area contributed by atoms with Crippen molar-refractivity contribution in [3.05, 3.63) is 33.8 Å². The molecular formula is C11H12BrN3. The van der Waals surface area contributed by atoms with Gasteiger partial charge >= 0.3 is 0 Å². The number of nitrogen functional groups attached to an aromatic ring is 1. The maximum Gasteiger partial charge on any atom is 0.145 e. The molecule has 0 atom stereocenters. The molecule has 3 nitrogen and oxygen atoms in total. The minimum absolute atomic E-state index is 0.512. The molecular weight excluding hydrogens is 254 g/mol. The lowest BCUT2D eigenvalue weighted by Crippen LogP contribution is -1.89. The summed E-state index contributed by atoms with van der Waals surface area (Å²) in [7, 11) is 0. The van der Waals surface area contributed by atoms with Crippen molar-refractivity contribution in [3.8, 4) is 11.3 Å². The van der Waals surface area contributed by atoms with E-state index in [1.807, 2.05) is 12.1 Å². The average molecular weight is 266 g/mol. The van der Waals surface area contributed by atoms with Crippen molar-refractivity contribution in [1.82, 2.24) is 10.2 Å². The number of nitrogens with zero attached hydrogens (tertiary/aromatic N) is 1. The number of halogens is 1. The third kappa shape index (κ3) is 1.77. The van der Waals surface area contributed by atoms with Crippen LogP contribution >= 0.6 is 15.9 Å². The molecule has 0 bridgehead atoms. The van der Waals surface area contributed by atoms with E-state index in [1.54, 1.807) is 0 Å². The normalized spacial score (nSPS) is 10.6. The van der Waals surface area contributed by atoms with Crippen molar-refractivity contribution in [2.45, 2.75) is 13.8 Å². The highest BCUT2D eigenvalue weighted by atomic mass is 79.9. The highest BCUT2D eigenvalue weighted by Gasteiger charge is 2.10. The lowest BCUT2D eigenvalue weighted by molar-refractivity contribution is 1.10. The fourth-order valence-corrected chi connectivity index (χ4v) is 2.22. The molecule has 1 aromatic carbocycles. The van der Waals surface area contributed by atoms with Crippen molar-refractivity contribution in [1.29, 1.82) is 0 Å². The zero-order valence-corrected chi connectivity index (χ0v) is 10.2. The number of nitrogens with two attached hydrogens (primary N) is 1.